The minimum Gasteiger partial charge on any atom is -0.497 e. The topological polar surface area (TPSA) is 67.8 Å². The molecule has 0 aliphatic heterocycles. The lowest BCUT2D eigenvalue weighted by atomic mass is 10.2. The van der Waals surface area contributed by atoms with Gasteiger partial charge in [0, 0.05) is 0 Å². The van der Waals surface area contributed by atoms with Gasteiger partial charge in [0.15, 0.2) is 0 Å². The molecule has 0 amide bonds. The molecule has 0 aromatic heterocycles. The number of sulfonamides is 1. The molecule has 0 unspecified atom stereocenters. The highest BCUT2D eigenvalue weighted by molar-refractivity contribution is 7.88. The Hall–Kier alpha value is -1.56. The van der Waals surface area contributed by atoms with Crippen molar-refractivity contribution in [3.63, 3.8) is 0 Å². The fourth-order valence-electron chi connectivity index (χ4n) is 0.887. The van der Waals surface area contributed by atoms with Crippen LogP contribution in [0.3, 0.4) is 0 Å². The molecule has 0 radical (unpaired) electrons. The minimum absolute atomic E-state index is 0.739. The molecule has 0 saturated carbocycles. The molecule has 0 saturated heterocycles. The number of nitrogens with zero attached hydrogens (tertiary/aromatic N) is 1. The van der Waals surface area contributed by atoms with Crippen molar-refractivity contribution in [1.29, 1.82) is 0 Å². The lowest BCUT2D eigenvalue weighted by molar-refractivity contribution is 0.415. The van der Waals surface area contributed by atoms with Gasteiger partial charge in [-0.1, -0.05) is 0 Å². The fourth-order valence-corrected chi connectivity index (χ4v) is 1.13. The maximum absolute atomic E-state index is 10.7. The number of rotatable bonds is 4. The molecule has 0 spiro atoms. The molecule has 6 heteroatoms. The standard InChI is InChI=1S/C9H12N2O3S/c1-14-9-5-3-8(4-6-9)7-10-11-15(2,12)13/h3-7,11H,1-2H3. The third-order valence-electron chi connectivity index (χ3n) is 1.55. The Morgan fingerprint density at radius 3 is 2.40 bits per heavy atom. The van der Waals surface area contributed by atoms with Crippen molar-refractivity contribution < 1.29 is 13.2 Å². The summed E-state index contributed by atoms with van der Waals surface area (Å²) in [6.07, 6.45) is 2.46. The molecule has 1 rings (SSSR count). The largest absolute Gasteiger partial charge is 0.497 e. The molecule has 0 heterocycles. The predicted molar refractivity (Wildman–Crippen MR) is 58.6 cm³/mol. The maximum Gasteiger partial charge on any atom is 0.244 e. The quantitative estimate of drug-likeness (QED) is 0.605. The zero-order valence-electron chi connectivity index (χ0n) is 8.47. The smallest absolute Gasteiger partial charge is 0.244 e. The van der Waals surface area contributed by atoms with Crippen molar-refractivity contribution in [2.75, 3.05) is 13.4 Å². The van der Waals surface area contributed by atoms with E-state index in [2.05, 4.69) is 5.10 Å². The Bertz CT molecular complexity index is 437. The van der Waals surface area contributed by atoms with E-state index < -0.39 is 10.0 Å². The van der Waals surface area contributed by atoms with E-state index >= 15 is 0 Å². The molecular formula is C9H12N2O3S. The van der Waals surface area contributed by atoms with Crippen LogP contribution in [0.2, 0.25) is 0 Å². The van der Waals surface area contributed by atoms with E-state index in [0.29, 0.717) is 0 Å². The van der Waals surface area contributed by atoms with Crippen LogP contribution in [0.25, 0.3) is 0 Å². The van der Waals surface area contributed by atoms with Gasteiger partial charge in [0.05, 0.1) is 19.6 Å². The van der Waals surface area contributed by atoms with Crippen molar-refractivity contribution in [2.24, 2.45) is 5.10 Å². The summed E-state index contributed by atoms with van der Waals surface area (Å²) in [6.45, 7) is 0. The van der Waals surface area contributed by atoms with Gasteiger partial charge in [-0.3, -0.25) is 0 Å². The summed E-state index contributed by atoms with van der Waals surface area (Å²) < 4.78 is 26.3. The van der Waals surface area contributed by atoms with Gasteiger partial charge in [0.2, 0.25) is 10.0 Å². The Labute approximate surface area is 88.8 Å². The maximum atomic E-state index is 10.7. The summed E-state index contributed by atoms with van der Waals surface area (Å²) in [5, 5.41) is 3.56. The zero-order chi connectivity index (χ0) is 11.3. The molecule has 82 valence electrons. The molecule has 0 bridgehead atoms. The molecule has 1 aromatic carbocycles. The molecule has 0 aliphatic carbocycles. The van der Waals surface area contributed by atoms with Crippen LogP contribution < -0.4 is 9.57 Å². The second-order valence-corrected chi connectivity index (χ2v) is 4.62. The van der Waals surface area contributed by atoms with Crippen molar-refractivity contribution in [2.45, 2.75) is 0 Å². The van der Waals surface area contributed by atoms with Gasteiger partial charge in [-0.05, 0) is 29.8 Å². The Morgan fingerprint density at radius 1 is 1.33 bits per heavy atom. The SMILES string of the molecule is COc1ccc(C=NNS(C)(=O)=O)cc1. The molecule has 1 aromatic rings. The molecule has 0 atom stereocenters. The summed E-state index contributed by atoms with van der Waals surface area (Å²) in [5.41, 5.74) is 0.784. The normalized spacial score (nSPS) is 11.6. The fraction of sp³-hybridized carbons (Fsp3) is 0.222. The Balaban J connectivity index is 2.65. The molecule has 0 aliphatic rings. The molecule has 1 N–H and O–H groups in total. The molecular weight excluding hydrogens is 216 g/mol. The van der Waals surface area contributed by atoms with Crippen molar-refractivity contribution >= 4 is 16.2 Å². The molecule has 15 heavy (non-hydrogen) atoms. The number of hydrazone groups is 1. The van der Waals surface area contributed by atoms with Gasteiger partial charge < -0.3 is 4.74 Å². The number of benzene rings is 1. The second kappa shape index (κ2) is 4.79. The van der Waals surface area contributed by atoms with Gasteiger partial charge in [-0.15, -0.1) is 0 Å². The van der Waals surface area contributed by atoms with Crippen molar-refractivity contribution in [1.82, 2.24) is 4.83 Å². The van der Waals surface area contributed by atoms with Crippen molar-refractivity contribution in [3.8, 4) is 5.75 Å². The summed E-state index contributed by atoms with van der Waals surface area (Å²) in [5.74, 6) is 0.739. The van der Waals surface area contributed by atoms with Crippen LogP contribution in [-0.4, -0.2) is 28.0 Å². The highest BCUT2D eigenvalue weighted by Gasteiger charge is 1.94. The lowest BCUT2D eigenvalue weighted by Gasteiger charge is -1.99. The Morgan fingerprint density at radius 2 is 1.93 bits per heavy atom. The van der Waals surface area contributed by atoms with Gasteiger partial charge >= 0.3 is 0 Å². The number of hydrogen-bond donors (Lipinski definition) is 1. The first kappa shape index (κ1) is 11.5. The van der Waals surface area contributed by atoms with E-state index in [1.54, 1.807) is 31.4 Å². The van der Waals surface area contributed by atoms with Crippen LogP contribution in [0.4, 0.5) is 0 Å². The first-order valence-electron chi connectivity index (χ1n) is 4.15. The van der Waals surface area contributed by atoms with Gasteiger partial charge in [-0.2, -0.15) is 5.10 Å². The van der Waals surface area contributed by atoms with E-state index in [0.717, 1.165) is 17.6 Å². The summed E-state index contributed by atoms with van der Waals surface area (Å²) in [6, 6.07) is 7.07. The summed E-state index contributed by atoms with van der Waals surface area (Å²) in [4.78, 5) is 2.01. The minimum atomic E-state index is -3.28. The van der Waals surface area contributed by atoms with Crippen LogP contribution in [0, 0.1) is 0 Å². The average Bonchev–Trinajstić information content (AvgIpc) is 2.17. The second-order valence-electron chi connectivity index (χ2n) is 2.89. The van der Waals surface area contributed by atoms with Crippen LogP contribution in [-0.2, 0) is 10.0 Å². The average molecular weight is 228 g/mol. The third-order valence-corrected chi connectivity index (χ3v) is 1.99. The van der Waals surface area contributed by atoms with Gasteiger partial charge in [0.1, 0.15) is 5.75 Å². The predicted octanol–water partition coefficient (Wildman–Crippen LogP) is 0.578. The highest BCUT2D eigenvalue weighted by Crippen LogP contribution is 2.09. The van der Waals surface area contributed by atoms with Crippen molar-refractivity contribution in [3.05, 3.63) is 29.8 Å². The first-order chi connectivity index (χ1) is 7.01. The van der Waals surface area contributed by atoms with E-state index in [1.807, 2.05) is 4.83 Å². The van der Waals surface area contributed by atoms with E-state index in [-0.39, 0.29) is 0 Å². The molecule has 5 nitrogen and oxygen atoms in total. The Kier molecular flexibility index (Phi) is 3.68. The van der Waals surface area contributed by atoms with Crippen LogP contribution in [0.1, 0.15) is 5.56 Å². The van der Waals surface area contributed by atoms with Crippen LogP contribution >= 0.6 is 0 Å². The highest BCUT2D eigenvalue weighted by atomic mass is 32.2. The first-order valence-corrected chi connectivity index (χ1v) is 6.04. The van der Waals surface area contributed by atoms with E-state index in [9.17, 15) is 8.42 Å². The molecule has 0 fully saturated rings. The van der Waals surface area contributed by atoms with Gasteiger partial charge in [0.25, 0.3) is 0 Å². The number of nitrogens with one attached hydrogen (secondary N) is 1. The van der Waals surface area contributed by atoms with E-state index in [1.165, 1.54) is 6.21 Å². The van der Waals surface area contributed by atoms with Crippen LogP contribution in [0.5, 0.6) is 5.75 Å². The van der Waals surface area contributed by atoms with E-state index in [4.69, 9.17) is 4.74 Å². The third kappa shape index (κ3) is 4.46. The monoisotopic (exact) mass is 228 g/mol. The zero-order valence-corrected chi connectivity index (χ0v) is 9.28. The van der Waals surface area contributed by atoms with Gasteiger partial charge in [-0.25, -0.2) is 13.2 Å². The summed E-state index contributed by atoms with van der Waals surface area (Å²) in [7, 11) is -1.70. The number of ether oxygens (including phenoxy) is 1. The number of hydrogen-bond acceptors (Lipinski definition) is 4. The van der Waals surface area contributed by atoms with Crippen LogP contribution in [0.15, 0.2) is 29.4 Å². The number of methoxy groups -OCH3 is 1. The summed E-state index contributed by atoms with van der Waals surface area (Å²) >= 11 is 0. The lowest BCUT2D eigenvalue weighted by Crippen LogP contribution is -2.15.